The van der Waals surface area contributed by atoms with E-state index in [0.29, 0.717) is 12.3 Å². The number of benzene rings is 1. The molecule has 1 saturated heterocycles. The Morgan fingerprint density at radius 1 is 1.41 bits per heavy atom. The number of thioether (sulfide) groups is 1. The Bertz CT molecular complexity index is 717. The lowest BCUT2D eigenvalue weighted by molar-refractivity contribution is -0.116. The van der Waals surface area contributed by atoms with E-state index in [0.717, 1.165) is 41.7 Å². The number of amides is 1. The highest BCUT2D eigenvalue weighted by Gasteiger charge is 2.16. The van der Waals surface area contributed by atoms with Crippen LogP contribution in [0.4, 0.5) is 5.69 Å². The molecule has 1 aromatic heterocycles. The lowest BCUT2D eigenvalue weighted by atomic mass is 10.1. The first-order chi connectivity index (χ1) is 12.1. The van der Waals surface area contributed by atoms with Crippen molar-refractivity contribution in [1.29, 1.82) is 0 Å². The van der Waals surface area contributed by atoms with Crippen molar-refractivity contribution in [2.75, 3.05) is 23.4 Å². The van der Waals surface area contributed by atoms with Gasteiger partial charge in [-0.2, -0.15) is 11.8 Å². The van der Waals surface area contributed by atoms with Crippen LogP contribution in [0.1, 0.15) is 37.6 Å². The van der Waals surface area contributed by atoms with Crippen LogP contribution >= 0.6 is 36.6 Å². The van der Waals surface area contributed by atoms with Crippen molar-refractivity contribution in [3.05, 3.63) is 48.0 Å². The Labute approximate surface area is 177 Å². The highest BCUT2D eigenvalue weighted by atomic mass is 35.5. The smallest absolute Gasteiger partial charge is 0.225 e. The molecule has 27 heavy (non-hydrogen) atoms. The molecule has 1 amide bonds. The maximum Gasteiger partial charge on any atom is 0.225 e. The third-order valence-corrected chi connectivity index (χ3v) is 5.39. The molecule has 2 N–H and O–H groups in total. The van der Waals surface area contributed by atoms with E-state index in [1.807, 2.05) is 42.4 Å². The zero-order valence-electron chi connectivity index (χ0n) is 15.7. The first-order valence-electron chi connectivity index (χ1n) is 8.83. The molecule has 1 unspecified atom stereocenters. The van der Waals surface area contributed by atoms with Gasteiger partial charge in [0.15, 0.2) is 0 Å². The van der Waals surface area contributed by atoms with E-state index in [9.17, 15) is 4.79 Å². The minimum Gasteiger partial charge on any atom is -0.330 e. The maximum absolute atomic E-state index is 12.3. The summed E-state index contributed by atoms with van der Waals surface area (Å²) in [6.45, 7) is 6.04. The SMILES string of the molecule is CC(C)c1nccn1Cc1cccc(NC(=O)CC2CSCCN2)c1.Cl.Cl. The Morgan fingerprint density at radius 2 is 2.22 bits per heavy atom. The molecule has 0 bridgehead atoms. The van der Waals surface area contributed by atoms with E-state index < -0.39 is 0 Å². The number of nitrogens with one attached hydrogen (secondary N) is 2. The fraction of sp³-hybridized carbons (Fsp3) is 0.474. The number of hydrogen-bond donors (Lipinski definition) is 2. The number of imidazole rings is 1. The van der Waals surface area contributed by atoms with Crippen molar-refractivity contribution in [3.8, 4) is 0 Å². The van der Waals surface area contributed by atoms with Crippen LogP contribution in [0.15, 0.2) is 36.7 Å². The number of carbonyl (C=O) groups is 1. The standard InChI is InChI=1S/C19H26N4OS.2ClH/c1-14(2)19-21-6-8-23(19)12-15-4-3-5-16(10-15)22-18(24)11-17-13-25-9-7-20-17;;/h3-6,8,10,14,17,20H,7,9,11-13H2,1-2H3,(H,22,24);2*1H. The molecule has 8 heteroatoms. The normalized spacial score (nSPS) is 16.3. The average molecular weight is 431 g/mol. The minimum absolute atomic E-state index is 0. The van der Waals surface area contributed by atoms with Crippen LogP contribution in [0.5, 0.6) is 0 Å². The van der Waals surface area contributed by atoms with Crippen LogP contribution in [0.3, 0.4) is 0 Å². The van der Waals surface area contributed by atoms with Crippen LogP contribution in [0.2, 0.25) is 0 Å². The van der Waals surface area contributed by atoms with E-state index in [1.54, 1.807) is 0 Å². The fourth-order valence-corrected chi connectivity index (χ4v) is 4.03. The molecule has 150 valence electrons. The molecule has 0 spiro atoms. The first-order valence-corrected chi connectivity index (χ1v) is 9.98. The van der Waals surface area contributed by atoms with Crippen LogP contribution in [-0.2, 0) is 11.3 Å². The van der Waals surface area contributed by atoms with E-state index >= 15 is 0 Å². The molecule has 0 radical (unpaired) electrons. The minimum atomic E-state index is 0. The summed E-state index contributed by atoms with van der Waals surface area (Å²) in [4.78, 5) is 16.7. The van der Waals surface area contributed by atoms with Crippen LogP contribution in [0, 0.1) is 0 Å². The molecular weight excluding hydrogens is 403 g/mol. The largest absolute Gasteiger partial charge is 0.330 e. The predicted octanol–water partition coefficient (Wildman–Crippen LogP) is 3.93. The van der Waals surface area contributed by atoms with Gasteiger partial charge in [-0.15, -0.1) is 24.8 Å². The summed E-state index contributed by atoms with van der Waals surface area (Å²) >= 11 is 1.91. The molecule has 0 aliphatic carbocycles. The van der Waals surface area contributed by atoms with Crippen molar-refractivity contribution in [3.63, 3.8) is 0 Å². The molecule has 1 fully saturated rings. The molecule has 5 nitrogen and oxygen atoms in total. The van der Waals surface area contributed by atoms with E-state index in [4.69, 9.17) is 0 Å². The Kier molecular flexibility index (Phi) is 10.2. The van der Waals surface area contributed by atoms with Gasteiger partial charge >= 0.3 is 0 Å². The number of halogens is 2. The zero-order chi connectivity index (χ0) is 17.6. The van der Waals surface area contributed by atoms with Gasteiger partial charge in [-0.3, -0.25) is 4.79 Å². The predicted molar refractivity (Wildman–Crippen MR) is 119 cm³/mol. The van der Waals surface area contributed by atoms with Gasteiger partial charge in [0.25, 0.3) is 0 Å². The molecule has 2 heterocycles. The number of hydrogen-bond acceptors (Lipinski definition) is 4. The van der Waals surface area contributed by atoms with E-state index in [-0.39, 0.29) is 36.8 Å². The topological polar surface area (TPSA) is 59.0 Å². The summed E-state index contributed by atoms with van der Waals surface area (Å²) in [6, 6.07) is 8.35. The van der Waals surface area contributed by atoms with Gasteiger partial charge < -0.3 is 15.2 Å². The Balaban J connectivity index is 0.00000182. The molecule has 0 saturated carbocycles. The molecular formula is C19H28Cl2N4OS. The highest BCUT2D eigenvalue weighted by molar-refractivity contribution is 7.99. The van der Waals surface area contributed by atoms with Gasteiger partial charge in [0.1, 0.15) is 5.82 Å². The summed E-state index contributed by atoms with van der Waals surface area (Å²) in [5.41, 5.74) is 2.02. The lowest BCUT2D eigenvalue weighted by Crippen LogP contribution is -2.39. The quantitative estimate of drug-likeness (QED) is 0.728. The Morgan fingerprint density at radius 3 is 2.93 bits per heavy atom. The third kappa shape index (κ3) is 7.03. The summed E-state index contributed by atoms with van der Waals surface area (Å²) in [7, 11) is 0. The van der Waals surface area contributed by atoms with Crippen molar-refractivity contribution < 1.29 is 4.79 Å². The molecule has 3 rings (SSSR count). The fourth-order valence-electron chi connectivity index (χ4n) is 3.09. The second kappa shape index (κ2) is 11.6. The van der Waals surface area contributed by atoms with Crippen LogP contribution in [-0.4, -0.2) is 39.6 Å². The molecule has 1 aliphatic rings. The zero-order valence-corrected chi connectivity index (χ0v) is 18.1. The van der Waals surface area contributed by atoms with Crippen molar-refractivity contribution in [1.82, 2.24) is 14.9 Å². The number of anilines is 1. The number of rotatable bonds is 6. The molecule has 1 atom stereocenters. The first kappa shape index (κ1) is 23.8. The van der Waals surface area contributed by atoms with Gasteiger partial charge in [0.2, 0.25) is 5.91 Å². The summed E-state index contributed by atoms with van der Waals surface area (Å²) < 4.78 is 2.16. The van der Waals surface area contributed by atoms with Gasteiger partial charge in [0.05, 0.1) is 0 Å². The second-order valence-electron chi connectivity index (χ2n) is 6.75. The maximum atomic E-state index is 12.3. The van der Waals surface area contributed by atoms with Gasteiger partial charge in [-0.25, -0.2) is 4.98 Å². The van der Waals surface area contributed by atoms with Crippen molar-refractivity contribution >= 4 is 48.2 Å². The second-order valence-corrected chi connectivity index (χ2v) is 7.90. The molecule has 1 aromatic carbocycles. The van der Waals surface area contributed by atoms with Crippen molar-refractivity contribution in [2.45, 2.75) is 38.8 Å². The van der Waals surface area contributed by atoms with Gasteiger partial charge in [0, 0.05) is 61.1 Å². The third-order valence-electron chi connectivity index (χ3n) is 4.26. The Hall–Kier alpha value is -1.21. The highest BCUT2D eigenvalue weighted by Crippen LogP contribution is 2.17. The molecule has 2 aromatic rings. The summed E-state index contributed by atoms with van der Waals surface area (Å²) in [6.07, 6.45) is 4.37. The van der Waals surface area contributed by atoms with Crippen LogP contribution in [0.25, 0.3) is 0 Å². The monoisotopic (exact) mass is 430 g/mol. The average Bonchev–Trinajstić information content (AvgIpc) is 3.04. The summed E-state index contributed by atoms with van der Waals surface area (Å²) in [5.74, 6) is 3.68. The summed E-state index contributed by atoms with van der Waals surface area (Å²) in [5, 5.41) is 6.44. The van der Waals surface area contributed by atoms with E-state index in [2.05, 4.69) is 40.1 Å². The number of aromatic nitrogens is 2. The van der Waals surface area contributed by atoms with Gasteiger partial charge in [-0.05, 0) is 17.7 Å². The van der Waals surface area contributed by atoms with E-state index in [1.165, 1.54) is 0 Å². The number of carbonyl (C=O) groups excluding carboxylic acids is 1. The lowest BCUT2D eigenvalue weighted by Gasteiger charge is -2.22. The van der Waals surface area contributed by atoms with Gasteiger partial charge in [-0.1, -0.05) is 26.0 Å². The van der Waals surface area contributed by atoms with Crippen LogP contribution < -0.4 is 10.6 Å². The molecule has 1 aliphatic heterocycles. The van der Waals surface area contributed by atoms with Crippen molar-refractivity contribution in [2.24, 2.45) is 0 Å². The number of nitrogens with zero attached hydrogens (tertiary/aromatic N) is 2.